The molecule has 5 aromatic rings. The van der Waals surface area contributed by atoms with E-state index in [1.165, 1.54) is 24.3 Å². The molecule has 0 radical (unpaired) electrons. The highest BCUT2D eigenvalue weighted by Gasteiger charge is 2.31. The number of nitrogens with one attached hydrogen (secondary N) is 3. The number of aromatic nitrogens is 3. The minimum atomic E-state index is -4.77. The second-order valence-corrected chi connectivity index (χ2v) is 8.63. The third-order valence-corrected chi connectivity index (χ3v) is 5.89. The van der Waals surface area contributed by atoms with Gasteiger partial charge in [0, 0.05) is 28.7 Å². The molecule has 0 saturated carbocycles. The molecule has 3 N–H and O–H groups in total. The zero-order chi connectivity index (χ0) is 26.9. The third-order valence-electron chi connectivity index (χ3n) is 5.89. The number of benzene rings is 3. The molecule has 2 aromatic heterocycles. The fourth-order valence-electron chi connectivity index (χ4n) is 4.06. The lowest BCUT2D eigenvalue weighted by atomic mass is 10.1. The second kappa shape index (κ2) is 9.89. The number of anilines is 3. The third kappa shape index (κ3) is 5.44. The number of para-hydroxylation sites is 1. The highest BCUT2D eigenvalue weighted by molar-refractivity contribution is 6.05. The van der Waals surface area contributed by atoms with Gasteiger partial charge in [0.15, 0.2) is 0 Å². The number of hydrogen-bond donors (Lipinski definition) is 3. The quantitative estimate of drug-likeness (QED) is 0.223. The van der Waals surface area contributed by atoms with Gasteiger partial charge in [-0.2, -0.15) is 0 Å². The molecule has 0 unspecified atom stereocenters. The summed E-state index contributed by atoms with van der Waals surface area (Å²) < 4.78 is 41.5. The average Bonchev–Trinajstić information content (AvgIpc) is 3.34. The van der Waals surface area contributed by atoms with Gasteiger partial charge in [0.25, 0.3) is 5.91 Å². The first-order valence-electron chi connectivity index (χ1n) is 11.6. The van der Waals surface area contributed by atoms with E-state index in [2.05, 4.69) is 30.3 Å². The van der Waals surface area contributed by atoms with Gasteiger partial charge >= 0.3 is 6.36 Å². The molecular formula is C28H22F3N5O2. The molecule has 5 rings (SSSR count). The van der Waals surface area contributed by atoms with Crippen LogP contribution in [-0.2, 0) is 0 Å². The van der Waals surface area contributed by atoms with Crippen LogP contribution < -0.4 is 15.4 Å². The SMILES string of the molecule is Cc1cccc(C)c1NC(=O)c1ccc(Nc2nc(-c3ccc(OC(F)(F)F)cc3)c3[nH]ccc3n2)cc1. The molecule has 10 heteroatoms. The molecule has 192 valence electrons. The van der Waals surface area contributed by atoms with Gasteiger partial charge in [-0.15, -0.1) is 13.2 Å². The summed E-state index contributed by atoms with van der Waals surface area (Å²) in [4.78, 5) is 24.9. The Morgan fingerprint density at radius 2 is 1.58 bits per heavy atom. The summed E-state index contributed by atoms with van der Waals surface area (Å²) in [6.07, 6.45) is -3.06. The lowest BCUT2D eigenvalue weighted by molar-refractivity contribution is -0.274. The van der Waals surface area contributed by atoms with E-state index in [9.17, 15) is 18.0 Å². The Labute approximate surface area is 215 Å². The molecule has 0 aliphatic carbocycles. The predicted octanol–water partition coefficient (Wildman–Crippen LogP) is 7.14. The Balaban J connectivity index is 1.36. The van der Waals surface area contributed by atoms with Crippen molar-refractivity contribution >= 4 is 34.3 Å². The number of aryl methyl sites for hydroxylation is 2. The molecule has 38 heavy (non-hydrogen) atoms. The molecule has 3 aromatic carbocycles. The largest absolute Gasteiger partial charge is 0.573 e. The predicted molar refractivity (Wildman–Crippen MR) is 140 cm³/mol. The zero-order valence-electron chi connectivity index (χ0n) is 20.4. The maximum Gasteiger partial charge on any atom is 0.573 e. The Bertz CT molecular complexity index is 1590. The van der Waals surface area contributed by atoms with Gasteiger partial charge in [-0.1, -0.05) is 18.2 Å². The molecular weight excluding hydrogens is 495 g/mol. The van der Waals surface area contributed by atoms with Crippen molar-refractivity contribution in [2.45, 2.75) is 20.2 Å². The van der Waals surface area contributed by atoms with Gasteiger partial charge in [0.05, 0.1) is 16.7 Å². The van der Waals surface area contributed by atoms with Crippen molar-refractivity contribution in [3.05, 3.63) is 95.7 Å². The number of H-pyrrole nitrogens is 1. The summed E-state index contributed by atoms with van der Waals surface area (Å²) in [6, 6.07) is 19.9. The molecule has 0 spiro atoms. The lowest BCUT2D eigenvalue weighted by Gasteiger charge is -2.12. The van der Waals surface area contributed by atoms with Crippen molar-refractivity contribution in [2.24, 2.45) is 0 Å². The highest BCUT2D eigenvalue weighted by atomic mass is 19.4. The summed E-state index contributed by atoms with van der Waals surface area (Å²) >= 11 is 0. The van der Waals surface area contributed by atoms with Crippen LogP contribution in [0.4, 0.5) is 30.5 Å². The van der Waals surface area contributed by atoms with Gasteiger partial charge < -0.3 is 20.4 Å². The number of rotatable bonds is 6. The number of nitrogens with zero attached hydrogens (tertiary/aromatic N) is 2. The number of aromatic amines is 1. The zero-order valence-corrected chi connectivity index (χ0v) is 20.4. The molecule has 0 bridgehead atoms. The number of amides is 1. The van der Waals surface area contributed by atoms with Crippen molar-refractivity contribution in [3.8, 4) is 17.0 Å². The molecule has 7 nitrogen and oxygen atoms in total. The molecule has 0 aliphatic heterocycles. The summed E-state index contributed by atoms with van der Waals surface area (Å²) in [5.41, 5.74) is 6.24. The summed E-state index contributed by atoms with van der Waals surface area (Å²) in [6.45, 7) is 3.88. The van der Waals surface area contributed by atoms with Crippen molar-refractivity contribution < 1.29 is 22.7 Å². The van der Waals surface area contributed by atoms with Gasteiger partial charge in [-0.25, -0.2) is 9.97 Å². The Hall–Kier alpha value is -4.86. The second-order valence-electron chi connectivity index (χ2n) is 8.63. The molecule has 0 atom stereocenters. The topological polar surface area (TPSA) is 91.9 Å². The highest BCUT2D eigenvalue weighted by Crippen LogP contribution is 2.30. The van der Waals surface area contributed by atoms with Crippen LogP contribution in [0.2, 0.25) is 0 Å². The molecule has 0 aliphatic rings. The van der Waals surface area contributed by atoms with Crippen LogP contribution in [0.3, 0.4) is 0 Å². The number of hydrogen-bond acceptors (Lipinski definition) is 5. The van der Waals surface area contributed by atoms with Gasteiger partial charge in [-0.3, -0.25) is 4.79 Å². The normalized spacial score (nSPS) is 11.4. The van der Waals surface area contributed by atoms with Crippen molar-refractivity contribution in [1.82, 2.24) is 15.0 Å². The van der Waals surface area contributed by atoms with E-state index in [0.29, 0.717) is 33.5 Å². The number of ether oxygens (including phenoxy) is 1. The number of carbonyl (C=O) groups is 1. The Morgan fingerprint density at radius 3 is 2.24 bits per heavy atom. The minimum Gasteiger partial charge on any atom is -0.406 e. The van der Waals surface area contributed by atoms with E-state index in [1.54, 1.807) is 36.5 Å². The van der Waals surface area contributed by atoms with Crippen LogP contribution in [0.5, 0.6) is 5.75 Å². The number of fused-ring (bicyclic) bond motifs is 1. The summed E-state index contributed by atoms with van der Waals surface area (Å²) in [5.74, 6) is -0.257. The van der Waals surface area contributed by atoms with E-state index in [-0.39, 0.29) is 17.6 Å². The van der Waals surface area contributed by atoms with Gasteiger partial charge in [-0.05, 0) is 79.6 Å². The lowest BCUT2D eigenvalue weighted by Crippen LogP contribution is -2.16. The maximum absolute atomic E-state index is 12.8. The van der Waals surface area contributed by atoms with Crippen LogP contribution in [0.1, 0.15) is 21.5 Å². The minimum absolute atomic E-state index is 0.223. The number of halogens is 3. The maximum atomic E-state index is 12.8. The number of alkyl halides is 3. The Morgan fingerprint density at radius 1 is 0.895 bits per heavy atom. The van der Waals surface area contributed by atoms with E-state index >= 15 is 0 Å². The molecule has 0 fully saturated rings. The molecule has 1 amide bonds. The van der Waals surface area contributed by atoms with Crippen molar-refractivity contribution in [1.29, 1.82) is 0 Å². The van der Waals surface area contributed by atoms with Crippen molar-refractivity contribution in [2.75, 3.05) is 10.6 Å². The fourth-order valence-corrected chi connectivity index (χ4v) is 4.06. The summed E-state index contributed by atoms with van der Waals surface area (Å²) in [5, 5.41) is 6.10. The summed E-state index contributed by atoms with van der Waals surface area (Å²) in [7, 11) is 0. The average molecular weight is 518 g/mol. The van der Waals surface area contributed by atoms with Gasteiger partial charge in [0.1, 0.15) is 5.75 Å². The standard InChI is InChI=1S/C28H22F3N5O2/c1-16-4-3-5-17(2)23(16)35-26(37)19-6-10-20(11-7-19)33-27-34-22-14-15-32-25(22)24(36-27)18-8-12-21(13-9-18)38-28(29,30)31/h3-15,32H,1-2H3,(H,35,37)(H,33,34,36). The van der Waals surface area contributed by atoms with Crippen molar-refractivity contribution in [3.63, 3.8) is 0 Å². The van der Waals surface area contributed by atoms with E-state index < -0.39 is 6.36 Å². The molecule has 0 saturated heterocycles. The van der Waals surface area contributed by atoms with E-state index in [4.69, 9.17) is 0 Å². The monoisotopic (exact) mass is 517 g/mol. The first-order valence-corrected chi connectivity index (χ1v) is 11.6. The fraction of sp³-hybridized carbons (Fsp3) is 0.107. The smallest absolute Gasteiger partial charge is 0.406 e. The van der Waals surface area contributed by atoms with Gasteiger partial charge in [0.2, 0.25) is 5.95 Å². The van der Waals surface area contributed by atoms with E-state index in [1.807, 2.05) is 32.0 Å². The van der Waals surface area contributed by atoms with Crippen LogP contribution in [-0.4, -0.2) is 27.2 Å². The first-order chi connectivity index (χ1) is 18.2. The van der Waals surface area contributed by atoms with Crippen LogP contribution in [0.25, 0.3) is 22.3 Å². The molecule has 2 heterocycles. The van der Waals surface area contributed by atoms with Crippen LogP contribution in [0.15, 0.2) is 79.0 Å². The first kappa shape index (κ1) is 24.8. The number of carbonyl (C=O) groups excluding carboxylic acids is 1. The Kier molecular flexibility index (Phi) is 6.46. The van der Waals surface area contributed by atoms with E-state index in [0.717, 1.165) is 16.8 Å². The van der Waals surface area contributed by atoms with Crippen LogP contribution in [0, 0.1) is 13.8 Å². The van der Waals surface area contributed by atoms with Crippen LogP contribution >= 0.6 is 0 Å².